The normalized spacial score (nSPS) is 10.4. The summed E-state index contributed by atoms with van der Waals surface area (Å²) in [6.45, 7) is 3.59. The molecular weight excluding hydrogens is 306 g/mol. The predicted molar refractivity (Wildman–Crippen MR) is 86.9 cm³/mol. The summed E-state index contributed by atoms with van der Waals surface area (Å²) in [5.74, 6) is -1.19. The third-order valence-electron chi connectivity index (χ3n) is 3.04. The summed E-state index contributed by atoms with van der Waals surface area (Å²) in [7, 11) is 0. The highest BCUT2D eigenvalue weighted by atomic mass is 32.2. The topological polar surface area (TPSA) is 66.4 Å². The van der Waals surface area contributed by atoms with Crippen molar-refractivity contribution in [1.29, 1.82) is 0 Å². The van der Waals surface area contributed by atoms with Gasteiger partial charge >= 0.3 is 5.97 Å². The number of amides is 1. The number of carboxylic acid groups (broad SMARTS) is 1. The van der Waals surface area contributed by atoms with Gasteiger partial charge in [0.1, 0.15) is 4.88 Å². The van der Waals surface area contributed by atoms with Crippen LogP contribution >= 0.6 is 23.1 Å². The molecule has 0 unspecified atom stereocenters. The van der Waals surface area contributed by atoms with Crippen molar-refractivity contribution >= 4 is 40.0 Å². The lowest BCUT2D eigenvalue weighted by atomic mass is 10.1. The Hall–Kier alpha value is -1.79. The van der Waals surface area contributed by atoms with E-state index in [4.69, 9.17) is 5.11 Å². The molecule has 2 aromatic rings. The Bertz CT molecular complexity index is 707. The number of anilines is 1. The summed E-state index contributed by atoms with van der Waals surface area (Å²) in [4.78, 5) is 24.6. The molecule has 0 fully saturated rings. The molecule has 0 aliphatic heterocycles. The zero-order valence-electron chi connectivity index (χ0n) is 11.9. The standard InChI is InChI=1S/C15H15NO3S2/c1-8-4-5-10(20-3)7-11(8)14(17)16-12-6-9(2)13(21-12)15(18)19/h4-7H,1-3H3,(H,16,17)(H,18,19). The molecule has 0 aliphatic rings. The summed E-state index contributed by atoms with van der Waals surface area (Å²) in [5.41, 5.74) is 2.14. The lowest BCUT2D eigenvalue weighted by Gasteiger charge is -2.07. The largest absolute Gasteiger partial charge is 0.477 e. The lowest BCUT2D eigenvalue weighted by Crippen LogP contribution is -2.12. The maximum Gasteiger partial charge on any atom is 0.346 e. The number of aryl methyl sites for hydroxylation is 2. The Morgan fingerprint density at radius 2 is 1.90 bits per heavy atom. The van der Waals surface area contributed by atoms with Gasteiger partial charge in [-0.15, -0.1) is 23.1 Å². The molecule has 1 aromatic carbocycles. The monoisotopic (exact) mass is 321 g/mol. The average molecular weight is 321 g/mol. The van der Waals surface area contributed by atoms with Crippen LogP contribution in [0.4, 0.5) is 5.00 Å². The second kappa shape index (κ2) is 6.32. The van der Waals surface area contributed by atoms with Gasteiger partial charge in [-0.1, -0.05) is 6.07 Å². The quantitative estimate of drug-likeness (QED) is 0.834. The van der Waals surface area contributed by atoms with E-state index in [0.29, 0.717) is 16.1 Å². The molecule has 6 heteroatoms. The summed E-state index contributed by atoms with van der Waals surface area (Å²) in [6.07, 6.45) is 1.95. The van der Waals surface area contributed by atoms with Crippen molar-refractivity contribution < 1.29 is 14.7 Å². The van der Waals surface area contributed by atoms with Crippen LogP contribution in [0.25, 0.3) is 0 Å². The van der Waals surface area contributed by atoms with Crippen molar-refractivity contribution in [3.63, 3.8) is 0 Å². The van der Waals surface area contributed by atoms with Gasteiger partial charge in [0.05, 0.1) is 5.00 Å². The van der Waals surface area contributed by atoms with Crippen molar-refractivity contribution in [2.45, 2.75) is 18.7 Å². The molecule has 1 amide bonds. The Balaban J connectivity index is 2.26. The first-order chi connectivity index (χ1) is 9.92. The number of carbonyl (C=O) groups is 2. The minimum atomic E-state index is -0.974. The van der Waals surface area contributed by atoms with Crippen LogP contribution in [0.1, 0.15) is 31.2 Å². The number of carboxylic acids is 1. The SMILES string of the molecule is CSc1ccc(C)c(C(=O)Nc2cc(C)c(C(=O)O)s2)c1. The molecular formula is C15H15NO3S2. The number of thiophene rings is 1. The second-order valence-corrected chi connectivity index (χ2v) is 6.49. The van der Waals surface area contributed by atoms with Gasteiger partial charge in [-0.2, -0.15) is 0 Å². The van der Waals surface area contributed by atoms with E-state index >= 15 is 0 Å². The predicted octanol–water partition coefficient (Wildman–Crippen LogP) is 4.04. The third-order valence-corrected chi connectivity index (χ3v) is 4.90. The van der Waals surface area contributed by atoms with Gasteiger partial charge in [-0.25, -0.2) is 4.79 Å². The highest BCUT2D eigenvalue weighted by molar-refractivity contribution is 7.98. The molecule has 21 heavy (non-hydrogen) atoms. The van der Waals surface area contributed by atoms with Gasteiger partial charge < -0.3 is 10.4 Å². The molecule has 0 saturated heterocycles. The lowest BCUT2D eigenvalue weighted by molar-refractivity contribution is 0.0701. The molecule has 2 rings (SSSR count). The van der Waals surface area contributed by atoms with E-state index < -0.39 is 5.97 Å². The van der Waals surface area contributed by atoms with Crippen molar-refractivity contribution in [1.82, 2.24) is 0 Å². The summed E-state index contributed by atoms with van der Waals surface area (Å²) in [6, 6.07) is 7.39. The Morgan fingerprint density at radius 3 is 2.48 bits per heavy atom. The first kappa shape index (κ1) is 15.6. The average Bonchev–Trinajstić information content (AvgIpc) is 2.80. The molecule has 4 nitrogen and oxygen atoms in total. The number of aromatic carboxylic acids is 1. The highest BCUT2D eigenvalue weighted by Crippen LogP contribution is 2.27. The first-order valence-electron chi connectivity index (χ1n) is 6.22. The van der Waals surface area contributed by atoms with E-state index in [9.17, 15) is 9.59 Å². The van der Waals surface area contributed by atoms with Gasteiger partial charge in [-0.05, 0) is 49.4 Å². The second-order valence-electron chi connectivity index (χ2n) is 4.56. The van der Waals surface area contributed by atoms with Crippen LogP contribution in [0.15, 0.2) is 29.2 Å². The van der Waals surface area contributed by atoms with E-state index in [0.717, 1.165) is 21.8 Å². The number of benzene rings is 1. The maximum absolute atomic E-state index is 12.3. The third kappa shape index (κ3) is 3.46. The van der Waals surface area contributed by atoms with E-state index in [2.05, 4.69) is 5.32 Å². The van der Waals surface area contributed by atoms with E-state index in [1.807, 2.05) is 31.4 Å². The zero-order chi connectivity index (χ0) is 15.6. The number of thioether (sulfide) groups is 1. The van der Waals surface area contributed by atoms with Crippen LogP contribution in [-0.4, -0.2) is 23.2 Å². The number of hydrogen-bond donors (Lipinski definition) is 2. The molecule has 110 valence electrons. The number of rotatable bonds is 4. The van der Waals surface area contributed by atoms with Gasteiger partial charge in [0.15, 0.2) is 0 Å². The minimum absolute atomic E-state index is 0.221. The number of hydrogen-bond acceptors (Lipinski definition) is 4. The van der Waals surface area contributed by atoms with Gasteiger partial charge in [0.25, 0.3) is 5.91 Å². The first-order valence-corrected chi connectivity index (χ1v) is 8.26. The van der Waals surface area contributed by atoms with Crippen LogP contribution in [0.3, 0.4) is 0 Å². The van der Waals surface area contributed by atoms with E-state index in [-0.39, 0.29) is 10.8 Å². The highest BCUT2D eigenvalue weighted by Gasteiger charge is 2.15. The van der Waals surface area contributed by atoms with E-state index in [1.54, 1.807) is 24.8 Å². The molecule has 1 aromatic heterocycles. The molecule has 0 spiro atoms. The van der Waals surface area contributed by atoms with Gasteiger partial charge in [-0.3, -0.25) is 4.79 Å². The Labute approximate surface area is 131 Å². The van der Waals surface area contributed by atoms with Crippen LogP contribution in [-0.2, 0) is 0 Å². The molecule has 1 heterocycles. The van der Waals surface area contributed by atoms with Crippen LogP contribution in [0.5, 0.6) is 0 Å². The molecule has 0 radical (unpaired) electrons. The van der Waals surface area contributed by atoms with Crippen molar-refractivity contribution in [2.75, 3.05) is 11.6 Å². The fourth-order valence-electron chi connectivity index (χ4n) is 1.91. The van der Waals surface area contributed by atoms with Crippen molar-refractivity contribution in [3.05, 3.63) is 45.8 Å². The van der Waals surface area contributed by atoms with Crippen molar-refractivity contribution in [2.24, 2.45) is 0 Å². The summed E-state index contributed by atoms with van der Waals surface area (Å²) >= 11 is 2.64. The number of nitrogens with one attached hydrogen (secondary N) is 1. The Kier molecular flexibility index (Phi) is 4.69. The Morgan fingerprint density at radius 1 is 1.19 bits per heavy atom. The fraction of sp³-hybridized carbons (Fsp3) is 0.200. The van der Waals surface area contributed by atoms with Gasteiger partial charge in [0.2, 0.25) is 0 Å². The molecule has 0 saturated carbocycles. The summed E-state index contributed by atoms with van der Waals surface area (Å²) < 4.78 is 0. The van der Waals surface area contributed by atoms with Crippen LogP contribution < -0.4 is 5.32 Å². The maximum atomic E-state index is 12.3. The molecule has 0 atom stereocenters. The van der Waals surface area contributed by atoms with Crippen LogP contribution in [0, 0.1) is 13.8 Å². The number of carbonyl (C=O) groups excluding carboxylic acids is 1. The minimum Gasteiger partial charge on any atom is -0.477 e. The zero-order valence-corrected chi connectivity index (χ0v) is 13.5. The smallest absolute Gasteiger partial charge is 0.346 e. The van der Waals surface area contributed by atoms with Crippen LogP contribution in [0.2, 0.25) is 0 Å². The van der Waals surface area contributed by atoms with Crippen molar-refractivity contribution in [3.8, 4) is 0 Å². The molecule has 0 aliphatic carbocycles. The molecule has 2 N–H and O–H groups in total. The van der Waals surface area contributed by atoms with Gasteiger partial charge in [0, 0.05) is 10.5 Å². The fourth-order valence-corrected chi connectivity index (χ4v) is 3.25. The molecule has 0 bridgehead atoms. The summed E-state index contributed by atoms with van der Waals surface area (Å²) in [5, 5.41) is 12.4. The van der Waals surface area contributed by atoms with E-state index in [1.165, 1.54) is 0 Å².